The number of piperazine rings is 1. The summed E-state index contributed by atoms with van der Waals surface area (Å²) in [4.78, 5) is 50.5. The van der Waals surface area contributed by atoms with E-state index in [1.165, 1.54) is 11.1 Å². The fourth-order valence-electron chi connectivity index (χ4n) is 6.56. The van der Waals surface area contributed by atoms with Crippen LogP contribution in [-0.2, 0) is 42.1 Å². The van der Waals surface area contributed by atoms with E-state index in [9.17, 15) is 23.2 Å². The van der Waals surface area contributed by atoms with Gasteiger partial charge in [-0.05, 0) is 41.8 Å². The minimum Gasteiger partial charge on any atom is -0.376 e. The second kappa shape index (κ2) is 10.4. The molecule has 4 aliphatic rings. The molecule has 222 valence electrons. The number of nitrogens with zero attached hydrogens (tertiary/aromatic N) is 3. The molecule has 3 aromatic rings. The number of benzene rings is 1. The fourth-order valence-corrected chi connectivity index (χ4v) is 6.56. The topological polar surface area (TPSA) is 135 Å². The summed E-state index contributed by atoms with van der Waals surface area (Å²) in [6.07, 6.45) is 3.95. The van der Waals surface area contributed by atoms with Crippen molar-refractivity contribution in [3.05, 3.63) is 82.8 Å². The van der Waals surface area contributed by atoms with E-state index in [2.05, 4.69) is 25.9 Å². The van der Waals surface area contributed by atoms with Crippen molar-refractivity contribution < 1.29 is 32.6 Å². The van der Waals surface area contributed by atoms with E-state index in [0.717, 1.165) is 35.0 Å². The number of anilines is 2. The van der Waals surface area contributed by atoms with Gasteiger partial charge in [0.1, 0.15) is 29.5 Å². The molecule has 7 rings (SSSR count). The SMILES string of the molecule is O=C(CN1C(=O)C2(COCCOC2)NC[C@H]1c1cc(F)cc(F)c1)Nc1cnc2c(c1)CC1(C2)C(=O)Nc2ncccc21. The van der Waals surface area contributed by atoms with Crippen molar-refractivity contribution in [1.29, 1.82) is 0 Å². The maximum Gasteiger partial charge on any atom is 0.248 e. The van der Waals surface area contributed by atoms with Crippen LogP contribution >= 0.6 is 0 Å². The Hall–Kier alpha value is -4.33. The number of nitrogens with one attached hydrogen (secondary N) is 3. The summed E-state index contributed by atoms with van der Waals surface area (Å²) in [5, 5.41) is 8.83. The van der Waals surface area contributed by atoms with Crippen LogP contribution in [0.3, 0.4) is 0 Å². The third kappa shape index (κ3) is 4.73. The first-order chi connectivity index (χ1) is 20.8. The van der Waals surface area contributed by atoms with Crippen molar-refractivity contribution in [2.24, 2.45) is 0 Å². The highest BCUT2D eigenvalue weighted by Crippen LogP contribution is 2.46. The van der Waals surface area contributed by atoms with Gasteiger partial charge in [0.25, 0.3) is 0 Å². The Morgan fingerprint density at radius 3 is 2.60 bits per heavy atom. The molecule has 0 radical (unpaired) electrons. The first-order valence-corrected chi connectivity index (χ1v) is 14.0. The van der Waals surface area contributed by atoms with Gasteiger partial charge in [0.05, 0.1) is 49.8 Å². The van der Waals surface area contributed by atoms with E-state index in [1.807, 2.05) is 6.07 Å². The van der Waals surface area contributed by atoms with Gasteiger partial charge in [-0.3, -0.25) is 24.7 Å². The molecular weight excluding hydrogens is 562 g/mol. The van der Waals surface area contributed by atoms with Crippen molar-refractivity contribution in [1.82, 2.24) is 20.2 Å². The van der Waals surface area contributed by atoms with E-state index in [0.29, 0.717) is 37.6 Å². The molecule has 3 amide bonds. The highest BCUT2D eigenvalue weighted by molar-refractivity contribution is 6.06. The smallest absolute Gasteiger partial charge is 0.248 e. The number of aromatic nitrogens is 2. The van der Waals surface area contributed by atoms with Crippen LogP contribution in [0.5, 0.6) is 0 Å². The average molecular weight is 591 g/mol. The zero-order valence-corrected chi connectivity index (χ0v) is 23.0. The summed E-state index contributed by atoms with van der Waals surface area (Å²) in [5.74, 6) is -2.16. The van der Waals surface area contributed by atoms with Gasteiger partial charge in [-0.2, -0.15) is 0 Å². The normalized spacial score (nSPS) is 24.0. The van der Waals surface area contributed by atoms with Crippen molar-refractivity contribution >= 4 is 29.2 Å². The van der Waals surface area contributed by atoms with Crippen molar-refractivity contribution in [2.45, 2.75) is 29.8 Å². The third-order valence-corrected chi connectivity index (χ3v) is 8.63. The Morgan fingerprint density at radius 2 is 1.84 bits per heavy atom. The number of pyridine rings is 2. The van der Waals surface area contributed by atoms with Crippen LogP contribution in [-0.4, -0.2) is 77.6 Å². The quantitative estimate of drug-likeness (QED) is 0.418. The third-order valence-electron chi connectivity index (χ3n) is 8.63. The second-order valence-corrected chi connectivity index (χ2v) is 11.4. The maximum atomic E-state index is 14.2. The first kappa shape index (κ1) is 27.5. The molecule has 13 heteroatoms. The lowest BCUT2D eigenvalue weighted by atomic mass is 9.80. The zero-order valence-electron chi connectivity index (χ0n) is 23.0. The number of ether oxygens (including phenoxy) is 2. The largest absolute Gasteiger partial charge is 0.376 e. The van der Waals surface area contributed by atoms with Crippen molar-refractivity contribution in [2.75, 3.05) is 50.2 Å². The van der Waals surface area contributed by atoms with Gasteiger partial charge in [-0.25, -0.2) is 13.8 Å². The molecule has 2 atom stereocenters. The summed E-state index contributed by atoms with van der Waals surface area (Å²) >= 11 is 0. The molecule has 0 bridgehead atoms. The predicted molar refractivity (Wildman–Crippen MR) is 148 cm³/mol. The first-order valence-electron chi connectivity index (χ1n) is 14.0. The van der Waals surface area contributed by atoms with Gasteiger partial charge < -0.3 is 25.0 Å². The Morgan fingerprint density at radius 1 is 1.07 bits per heavy atom. The number of carbonyl (C=O) groups excluding carboxylic acids is 3. The Bertz CT molecular complexity index is 1620. The molecule has 0 saturated carbocycles. The molecule has 2 spiro atoms. The minimum atomic E-state index is -1.24. The minimum absolute atomic E-state index is 0.0247. The van der Waals surface area contributed by atoms with E-state index in [4.69, 9.17) is 9.47 Å². The predicted octanol–water partition coefficient (Wildman–Crippen LogP) is 1.64. The standard InChI is InChI=1S/C30H28F2N6O5/c31-19-6-17(7-20(32)9-19)24-13-35-30(15-42-4-5-43-16-30)28(41)38(24)14-25(39)36-21-8-18-10-29(11-23(18)34-12-21)22-2-1-3-33-26(22)37-27(29)40/h1-3,6-9,12,24,35H,4-5,10-11,13-16H2,(H,36,39)(H,33,37,40)/t24-,29?/m0/s1. The zero-order chi connectivity index (χ0) is 29.8. The molecular formula is C30H28F2N6O5. The fraction of sp³-hybridized carbons (Fsp3) is 0.367. The van der Waals surface area contributed by atoms with Crippen LogP contribution in [0.25, 0.3) is 0 Å². The van der Waals surface area contributed by atoms with E-state index in [-0.39, 0.29) is 31.2 Å². The van der Waals surface area contributed by atoms with Gasteiger partial charge >= 0.3 is 0 Å². The Kier molecular flexibility index (Phi) is 6.67. The van der Waals surface area contributed by atoms with Gasteiger partial charge in [0.2, 0.25) is 17.7 Å². The summed E-state index contributed by atoms with van der Waals surface area (Å²) < 4.78 is 39.5. The van der Waals surface area contributed by atoms with Crippen LogP contribution in [0, 0.1) is 11.6 Å². The van der Waals surface area contributed by atoms with Crippen molar-refractivity contribution in [3.8, 4) is 0 Å². The van der Waals surface area contributed by atoms with Crippen LogP contribution < -0.4 is 16.0 Å². The van der Waals surface area contributed by atoms with Gasteiger partial charge in [-0.1, -0.05) is 6.07 Å². The Balaban J connectivity index is 1.13. The van der Waals surface area contributed by atoms with Crippen LogP contribution in [0.1, 0.15) is 28.4 Å². The number of carbonyl (C=O) groups is 3. The molecule has 3 N–H and O–H groups in total. The number of halogens is 2. The summed E-state index contributed by atoms with van der Waals surface area (Å²) in [6.45, 7) is 0.398. The number of fused-ring (bicyclic) bond motifs is 3. The van der Waals surface area contributed by atoms with E-state index >= 15 is 0 Å². The lowest BCUT2D eigenvalue weighted by Gasteiger charge is -2.45. The van der Waals surface area contributed by atoms with E-state index in [1.54, 1.807) is 18.3 Å². The summed E-state index contributed by atoms with van der Waals surface area (Å²) in [6, 6.07) is 7.69. The molecule has 1 aliphatic carbocycles. The number of hydrogen-bond donors (Lipinski definition) is 3. The second-order valence-electron chi connectivity index (χ2n) is 11.4. The molecule has 11 nitrogen and oxygen atoms in total. The lowest BCUT2D eigenvalue weighted by Crippen LogP contribution is -2.69. The highest BCUT2D eigenvalue weighted by Gasteiger charge is 2.52. The molecule has 3 aliphatic heterocycles. The van der Waals surface area contributed by atoms with Crippen LogP contribution in [0.15, 0.2) is 48.8 Å². The molecule has 43 heavy (non-hydrogen) atoms. The van der Waals surface area contributed by atoms with Gasteiger partial charge in [0, 0.05) is 36.5 Å². The average Bonchev–Trinajstić information content (AvgIpc) is 3.37. The van der Waals surface area contributed by atoms with Crippen LogP contribution in [0.4, 0.5) is 20.3 Å². The van der Waals surface area contributed by atoms with E-state index < -0.39 is 47.0 Å². The summed E-state index contributed by atoms with van der Waals surface area (Å²) in [5.41, 5.74) is 0.965. The molecule has 5 heterocycles. The highest BCUT2D eigenvalue weighted by atomic mass is 19.1. The lowest BCUT2D eigenvalue weighted by molar-refractivity contribution is -0.151. The maximum absolute atomic E-state index is 14.2. The molecule has 1 unspecified atom stereocenters. The number of hydrogen-bond acceptors (Lipinski definition) is 8. The van der Waals surface area contributed by atoms with Crippen LogP contribution in [0.2, 0.25) is 0 Å². The monoisotopic (exact) mass is 590 g/mol. The number of rotatable bonds is 4. The Labute approximate surface area is 245 Å². The van der Waals surface area contributed by atoms with Gasteiger partial charge in [-0.15, -0.1) is 0 Å². The summed E-state index contributed by atoms with van der Waals surface area (Å²) in [7, 11) is 0. The molecule has 2 saturated heterocycles. The number of amides is 3. The van der Waals surface area contributed by atoms with Gasteiger partial charge in [0.15, 0.2) is 0 Å². The molecule has 2 aromatic heterocycles. The van der Waals surface area contributed by atoms with Crippen molar-refractivity contribution in [3.63, 3.8) is 0 Å². The molecule has 1 aromatic carbocycles. The molecule has 2 fully saturated rings.